The van der Waals surface area contributed by atoms with Gasteiger partial charge in [-0.25, -0.2) is 9.18 Å². The summed E-state index contributed by atoms with van der Waals surface area (Å²) in [6.45, 7) is 7.34. The van der Waals surface area contributed by atoms with E-state index >= 15 is 0 Å². The van der Waals surface area contributed by atoms with E-state index in [-0.39, 0.29) is 12.4 Å². The Morgan fingerprint density at radius 2 is 2.11 bits per heavy atom. The van der Waals surface area contributed by atoms with Crippen LogP contribution in [0.15, 0.2) is 18.2 Å². The number of rotatable bonds is 3. The van der Waals surface area contributed by atoms with Gasteiger partial charge in [0.15, 0.2) is 0 Å². The minimum atomic E-state index is -0.583. The molecule has 0 bridgehead atoms. The highest BCUT2D eigenvalue weighted by molar-refractivity contribution is 5.68. The molecule has 0 aliphatic carbocycles. The van der Waals surface area contributed by atoms with Crippen molar-refractivity contribution in [2.24, 2.45) is 5.73 Å². The number of amides is 1. The molecule has 0 aliphatic heterocycles. The smallest absolute Gasteiger partial charge is 0.408 e. The fraction of sp³-hybridized carbons (Fsp3) is 0.500. The van der Waals surface area contributed by atoms with Crippen LogP contribution in [-0.4, -0.2) is 18.2 Å². The van der Waals surface area contributed by atoms with Gasteiger partial charge in [-0.2, -0.15) is 0 Å². The van der Waals surface area contributed by atoms with Gasteiger partial charge in [-0.15, -0.1) is 0 Å². The molecule has 5 heteroatoms. The first-order chi connectivity index (χ1) is 8.73. The second-order valence-corrected chi connectivity index (χ2v) is 5.44. The zero-order valence-electron chi connectivity index (χ0n) is 11.8. The molecule has 0 fully saturated rings. The van der Waals surface area contributed by atoms with Crippen LogP contribution in [0.4, 0.5) is 9.18 Å². The molecular formula is C14H21FN2O2. The van der Waals surface area contributed by atoms with Crippen LogP contribution in [-0.2, 0) is 4.74 Å². The van der Waals surface area contributed by atoms with Gasteiger partial charge in [0.25, 0.3) is 0 Å². The molecule has 1 amide bonds. The second kappa shape index (κ2) is 6.02. The van der Waals surface area contributed by atoms with Crippen LogP contribution < -0.4 is 11.1 Å². The summed E-state index contributed by atoms with van der Waals surface area (Å²) >= 11 is 0. The van der Waals surface area contributed by atoms with Crippen LogP contribution in [0.1, 0.15) is 37.9 Å². The molecule has 0 saturated heterocycles. The zero-order valence-corrected chi connectivity index (χ0v) is 11.8. The lowest BCUT2D eigenvalue weighted by Gasteiger charge is -2.24. The summed E-state index contributed by atoms with van der Waals surface area (Å²) in [7, 11) is 0. The Labute approximate surface area is 113 Å². The van der Waals surface area contributed by atoms with Crippen molar-refractivity contribution in [3.8, 4) is 0 Å². The first-order valence-electron chi connectivity index (χ1n) is 6.18. The van der Waals surface area contributed by atoms with Crippen LogP contribution in [0, 0.1) is 12.7 Å². The number of alkyl carbamates (subject to hydrolysis) is 1. The average molecular weight is 268 g/mol. The van der Waals surface area contributed by atoms with E-state index in [9.17, 15) is 9.18 Å². The van der Waals surface area contributed by atoms with Crippen molar-refractivity contribution in [3.05, 3.63) is 35.1 Å². The van der Waals surface area contributed by atoms with Crippen LogP contribution in [0.2, 0.25) is 0 Å². The number of nitrogens with two attached hydrogens (primary N) is 1. The molecule has 4 nitrogen and oxygen atoms in total. The minimum Gasteiger partial charge on any atom is -0.444 e. The molecule has 0 spiro atoms. The summed E-state index contributed by atoms with van der Waals surface area (Å²) in [5, 5.41) is 2.65. The Morgan fingerprint density at radius 1 is 1.47 bits per heavy atom. The van der Waals surface area contributed by atoms with Crippen molar-refractivity contribution in [1.29, 1.82) is 0 Å². The summed E-state index contributed by atoms with van der Waals surface area (Å²) in [4.78, 5) is 11.7. The van der Waals surface area contributed by atoms with Crippen molar-refractivity contribution in [2.45, 2.75) is 39.3 Å². The van der Waals surface area contributed by atoms with Crippen LogP contribution >= 0.6 is 0 Å². The number of hydrogen-bond acceptors (Lipinski definition) is 3. The standard InChI is InChI=1S/C14H21FN2O2/c1-9-5-6-10(15)7-11(9)12(8-16)17-13(18)19-14(2,3)4/h5-7,12H,8,16H2,1-4H3,(H,17,18). The fourth-order valence-corrected chi connectivity index (χ4v) is 1.70. The SMILES string of the molecule is Cc1ccc(F)cc1C(CN)NC(=O)OC(C)(C)C. The van der Waals surface area contributed by atoms with E-state index in [4.69, 9.17) is 10.5 Å². The van der Waals surface area contributed by atoms with Gasteiger partial charge in [0.2, 0.25) is 0 Å². The lowest BCUT2D eigenvalue weighted by molar-refractivity contribution is 0.0505. The lowest BCUT2D eigenvalue weighted by atomic mass is 10.0. The van der Waals surface area contributed by atoms with Gasteiger partial charge < -0.3 is 15.8 Å². The van der Waals surface area contributed by atoms with Crippen LogP contribution in [0.25, 0.3) is 0 Å². The second-order valence-electron chi connectivity index (χ2n) is 5.44. The number of carbonyl (C=O) groups excluding carboxylic acids is 1. The quantitative estimate of drug-likeness (QED) is 0.885. The fourth-order valence-electron chi connectivity index (χ4n) is 1.70. The van der Waals surface area contributed by atoms with Gasteiger partial charge in [0.1, 0.15) is 11.4 Å². The number of benzene rings is 1. The van der Waals surface area contributed by atoms with E-state index in [0.29, 0.717) is 5.56 Å². The molecule has 106 valence electrons. The first kappa shape index (κ1) is 15.4. The third-order valence-electron chi connectivity index (χ3n) is 2.54. The van der Waals surface area contributed by atoms with Gasteiger partial charge in [-0.1, -0.05) is 6.07 Å². The third kappa shape index (κ3) is 4.87. The topological polar surface area (TPSA) is 64.3 Å². The van der Waals surface area contributed by atoms with Crippen molar-refractivity contribution >= 4 is 6.09 Å². The first-order valence-corrected chi connectivity index (χ1v) is 6.18. The van der Waals surface area contributed by atoms with E-state index in [1.54, 1.807) is 26.8 Å². The molecule has 0 heterocycles. The van der Waals surface area contributed by atoms with Gasteiger partial charge >= 0.3 is 6.09 Å². The van der Waals surface area contributed by atoms with E-state index in [2.05, 4.69) is 5.32 Å². The third-order valence-corrected chi connectivity index (χ3v) is 2.54. The summed E-state index contributed by atoms with van der Waals surface area (Å²) in [6.07, 6.45) is -0.563. The van der Waals surface area contributed by atoms with Gasteiger partial charge in [0, 0.05) is 6.54 Å². The molecule has 0 aliphatic rings. The van der Waals surface area contributed by atoms with Crippen molar-refractivity contribution in [1.82, 2.24) is 5.32 Å². The minimum absolute atomic E-state index is 0.170. The Kier molecular flexibility index (Phi) is 4.89. The number of hydrogen-bond donors (Lipinski definition) is 2. The highest BCUT2D eigenvalue weighted by Crippen LogP contribution is 2.19. The summed E-state index contributed by atoms with van der Waals surface area (Å²) < 4.78 is 18.4. The molecule has 0 aromatic heterocycles. The van der Waals surface area contributed by atoms with E-state index in [0.717, 1.165) is 5.56 Å². The highest BCUT2D eigenvalue weighted by atomic mass is 19.1. The van der Waals surface area contributed by atoms with Crippen molar-refractivity contribution in [3.63, 3.8) is 0 Å². The van der Waals surface area contributed by atoms with Gasteiger partial charge in [0.05, 0.1) is 6.04 Å². The highest BCUT2D eigenvalue weighted by Gasteiger charge is 2.20. The molecule has 3 N–H and O–H groups in total. The van der Waals surface area contributed by atoms with Crippen molar-refractivity contribution in [2.75, 3.05) is 6.54 Å². The predicted molar refractivity (Wildman–Crippen MR) is 72.3 cm³/mol. The molecule has 19 heavy (non-hydrogen) atoms. The van der Waals surface area contributed by atoms with Gasteiger partial charge in [-0.05, 0) is 51.0 Å². The summed E-state index contributed by atoms with van der Waals surface area (Å²) in [5.41, 5.74) is 6.59. The number of aryl methyl sites for hydroxylation is 1. The van der Waals surface area contributed by atoms with Crippen LogP contribution in [0.5, 0.6) is 0 Å². The maximum Gasteiger partial charge on any atom is 0.408 e. The molecular weight excluding hydrogens is 247 g/mol. The Morgan fingerprint density at radius 3 is 2.63 bits per heavy atom. The predicted octanol–water partition coefficient (Wildman–Crippen LogP) is 2.66. The van der Waals surface area contributed by atoms with Gasteiger partial charge in [-0.3, -0.25) is 0 Å². The zero-order chi connectivity index (χ0) is 14.6. The monoisotopic (exact) mass is 268 g/mol. The normalized spacial score (nSPS) is 12.9. The Bertz CT molecular complexity index is 455. The number of ether oxygens (including phenoxy) is 1. The molecule has 0 saturated carbocycles. The molecule has 1 aromatic rings. The average Bonchev–Trinajstić information content (AvgIpc) is 2.27. The number of nitrogens with one attached hydrogen (secondary N) is 1. The maximum absolute atomic E-state index is 13.3. The summed E-state index contributed by atoms with van der Waals surface area (Å²) in [6, 6.07) is 3.94. The Balaban J connectivity index is 2.84. The number of halogens is 1. The maximum atomic E-state index is 13.3. The van der Waals surface area contributed by atoms with Crippen molar-refractivity contribution < 1.29 is 13.9 Å². The van der Waals surface area contributed by atoms with E-state index in [1.807, 2.05) is 6.92 Å². The molecule has 0 radical (unpaired) electrons. The molecule has 1 atom stereocenters. The Hall–Kier alpha value is -1.62. The van der Waals surface area contributed by atoms with E-state index in [1.165, 1.54) is 12.1 Å². The molecule has 1 unspecified atom stereocenters. The molecule has 1 rings (SSSR count). The molecule has 1 aromatic carbocycles. The van der Waals surface area contributed by atoms with E-state index < -0.39 is 17.7 Å². The lowest BCUT2D eigenvalue weighted by Crippen LogP contribution is -2.38. The largest absolute Gasteiger partial charge is 0.444 e. The summed E-state index contributed by atoms with van der Waals surface area (Å²) in [5.74, 6) is -0.356. The number of carbonyl (C=O) groups is 1. The van der Waals surface area contributed by atoms with Crippen LogP contribution in [0.3, 0.4) is 0 Å².